The third-order valence-electron chi connectivity index (χ3n) is 5.31. The number of amides is 1. The fourth-order valence-electron chi connectivity index (χ4n) is 3.67. The van der Waals surface area contributed by atoms with Crippen LogP contribution in [0.25, 0.3) is 0 Å². The van der Waals surface area contributed by atoms with Crippen molar-refractivity contribution in [3.05, 3.63) is 22.4 Å². The number of rotatable bonds is 3. The van der Waals surface area contributed by atoms with E-state index >= 15 is 0 Å². The van der Waals surface area contributed by atoms with Gasteiger partial charge >= 0.3 is 0 Å². The third kappa shape index (κ3) is 3.30. The van der Waals surface area contributed by atoms with E-state index in [0.29, 0.717) is 11.5 Å². The molecule has 0 N–H and O–H groups in total. The number of piperidine rings is 1. The molecular formula is C19H25N3OS. The highest BCUT2D eigenvalue weighted by molar-refractivity contribution is 8.00. The van der Waals surface area contributed by atoms with Gasteiger partial charge in [0.25, 0.3) is 0 Å². The van der Waals surface area contributed by atoms with E-state index in [2.05, 4.69) is 13.0 Å². The van der Waals surface area contributed by atoms with Gasteiger partial charge in [-0.05, 0) is 63.0 Å². The van der Waals surface area contributed by atoms with Crippen molar-refractivity contribution in [3.8, 4) is 6.07 Å². The Labute approximate surface area is 148 Å². The van der Waals surface area contributed by atoms with Crippen molar-refractivity contribution in [1.29, 1.82) is 5.26 Å². The largest absolute Gasteiger partial charge is 0.342 e. The number of hydrogen-bond acceptors (Lipinski definition) is 4. The SMILES string of the molecule is Cc1c(C#N)c(SC(C)C(=O)N2CCC(C)CC2)nc2c1CCC2. The number of thioether (sulfide) groups is 1. The average Bonchev–Trinajstić information content (AvgIpc) is 3.04. The molecule has 1 saturated heterocycles. The minimum atomic E-state index is -0.197. The summed E-state index contributed by atoms with van der Waals surface area (Å²) in [6, 6.07) is 2.31. The van der Waals surface area contributed by atoms with Gasteiger partial charge in [0.05, 0.1) is 10.8 Å². The van der Waals surface area contributed by atoms with E-state index in [-0.39, 0.29) is 11.2 Å². The molecule has 24 heavy (non-hydrogen) atoms. The van der Waals surface area contributed by atoms with Crippen LogP contribution in [0.1, 0.15) is 55.5 Å². The van der Waals surface area contributed by atoms with Gasteiger partial charge in [-0.3, -0.25) is 4.79 Å². The minimum Gasteiger partial charge on any atom is -0.342 e. The number of carbonyl (C=O) groups is 1. The van der Waals surface area contributed by atoms with Crippen LogP contribution in [0, 0.1) is 24.2 Å². The summed E-state index contributed by atoms with van der Waals surface area (Å²) in [6.07, 6.45) is 5.30. The normalized spacial score (nSPS) is 19.0. The van der Waals surface area contributed by atoms with Gasteiger partial charge in [0.2, 0.25) is 5.91 Å². The summed E-state index contributed by atoms with van der Waals surface area (Å²) in [7, 11) is 0. The lowest BCUT2D eigenvalue weighted by atomic mass is 9.99. The Balaban J connectivity index is 1.77. The molecule has 128 valence electrons. The van der Waals surface area contributed by atoms with Crippen molar-refractivity contribution >= 4 is 17.7 Å². The van der Waals surface area contributed by atoms with Crippen LogP contribution in [-0.2, 0) is 17.6 Å². The van der Waals surface area contributed by atoms with Gasteiger partial charge < -0.3 is 4.90 Å². The number of carbonyl (C=O) groups excluding carboxylic acids is 1. The second-order valence-corrected chi connectivity index (χ2v) is 8.40. The number of likely N-dealkylation sites (tertiary alicyclic amines) is 1. The number of aryl methyl sites for hydroxylation is 1. The molecule has 0 aromatic carbocycles. The first-order chi connectivity index (χ1) is 11.5. The highest BCUT2D eigenvalue weighted by atomic mass is 32.2. The Morgan fingerprint density at radius 2 is 2.08 bits per heavy atom. The Kier molecular flexibility index (Phi) is 5.15. The zero-order chi connectivity index (χ0) is 17.3. The first-order valence-electron chi connectivity index (χ1n) is 8.89. The molecule has 5 heteroatoms. The summed E-state index contributed by atoms with van der Waals surface area (Å²) in [4.78, 5) is 19.4. The third-order valence-corrected chi connectivity index (χ3v) is 6.38. The molecule has 1 aliphatic carbocycles. The van der Waals surface area contributed by atoms with Crippen molar-refractivity contribution in [1.82, 2.24) is 9.88 Å². The number of nitriles is 1. The van der Waals surface area contributed by atoms with Gasteiger partial charge in [0.1, 0.15) is 11.1 Å². The second-order valence-electron chi connectivity index (χ2n) is 7.08. The smallest absolute Gasteiger partial charge is 0.235 e. The fourth-order valence-corrected chi connectivity index (χ4v) is 4.73. The summed E-state index contributed by atoms with van der Waals surface area (Å²) in [5, 5.41) is 10.1. The van der Waals surface area contributed by atoms with Crippen LogP contribution in [-0.4, -0.2) is 34.1 Å². The van der Waals surface area contributed by atoms with Crippen molar-refractivity contribution in [2.45, 2.75) is 63.2 Å². The van der Waals surface area contributed by atoms with Crippen LogP contribution >= 0.6 is 11.8 Å². The molecular weight excluding hydrogens is 318 g/mol. The quantitative estimate of drug-likeness (QED) is 0.788. The standard InChI is InChI=1S/C19H25N3OS/c1-12-7-9-22(10-8-12)19(23)14(3)24-18-16(11-20)13(2)15-5-4-6-17(15)21-18/h12,14H,4-10H2,1-3H3. The second kappa shape index (κ2) is 7.14. The minimum absolute atomic E-state index is 0.177. The van der Waals surface area contributed by atoms with Gasteiger partial charge in [0.15, 0.2) is 0 Å². The van der Waals surface area contributed by atoms with Crippen molar-refractivity contribution in [3.63, 3.8) is 0 Å². The van der Waals surface area contributed by atoms with E-state index < -0.39 is 0 Å². The lowest BCUT2D eigenvalue weighted by molar-refractivity contribution is -0.131. The maximum Gasteiger partial charge on any atom is 0.235 e. The molecule has 1 unspecified atom stereocenters. The highest BCUT2D eigenvalue weighted by Crippen LogP contribution is 2.34. The van der Waals surface area contributed by atoms with E-state index in [1.165, 1.54) is 17.3 Å². The molecule has 1 amide bonds. The molecule has 0 bridgehead atoms. The molecule has 2 aliphatic rings. The molecule has 4 nitrogen and oxygen atoms in total. The zero-order valence-electron chi connectivity index (χ0n) is 14.8. The maximum absolute atomic E-state index is 12.7. The van der Waals surface area contributed by atoms with Crippen molar-refractivity contribution in [2.24, 2.45) is 5.92 Å². The van der Waals surface area contributed by atoms with Crippen LogP contribution in [0.15, 0.2) is 5.03 Å². The van der Waals surface area contributed by atoms with Gasteiger partial charge in [-0.25, -0.2) is 4.98 Å². The van der Waals surface area contributed by atoms with E-state index in [0.717, 1.165) is 61.5 Å². The van der Waals surface area contributed by atoms with Gasteiger partial charge in [-0.15, -0.1) is 0 Å². The van der Waals surface area contributed by atoms with Crippen LogP contribution in [0.4, 0.5) is 0 Å². The summed E-state index contributed by atoms with van der Waals surface area (Å²) < 4.78 is 0. The van der Waals surface area contributed by atoms with Gasteiger partial charge in [-0.2, -0.15) is 5.26 Å². The number of fused-ring (bicyclic) bond motifs is 1. The Morgan fingerprint density at radius 3 is 2.75 bits per heavy atom. The van der Waals surface area contributed by atoms with E-state index in [9.17, 15) is 10.1 Å². The fraction of sp³-hybridized carbons (Fsp3) is 0.632. The van der Waals surface area contributed by atoms with Gasteiger partial charge in [0, 0.05) is 18.8 Å². The average molecular weight is 343 g/mol. The van der Waals surface area contributed by atoms with E-state index in [1.807, 2.05) is 18.7 Å². The van der Waals surface area contributed by atoms with Crippen LogP contribution in [0.2, 0.25) is 0 Å². The van der Waals surface area contributed by atoms with Crippen molar-refractivity contribution < 1.29 is 4.79 Å². The molecule has 1 aromatic heterocycles. The Morgan fingerprint density at radius 1 is 1.38 bits per heavy atom. The molecule has 0 saturated carbocycles. The van der Waals surface area contributed by atoms with Crippen LogP contribution < -0.4 is 0 Å². The monoisotopic (exact) mass is 343 g/mol. The Hall–Kier alpha value is -1.54. The first kappa shape index (κ1) is 17.3. The van der Waals surface area contributed by atoms with Crippen LogP contribution in [0.5, 0.6) is 0 Å². The first-order valence-corrected chi connectivity index (χ1v) is 9.77. The summed E-state index contributed by atoms with van der Waals surface area (Å²) in [6.45, 7) is 7.92. The highest BCUT2D eigenvalue weighted by Gasteiger charge is 2.28. The summed E-state index contributed by atoms with van der Waals surface area (Å²) in [5.74, 6) is 0.888. The van der Waals surface area contributed by atoms with Crippen LogP contribution in [0.3, 0.4) is 0 Å². The van der Waals surface area contributed by atoms with Crippen molar-refractivity contribution in [2.75, 3.05) is 13.1 Å². The number of nitrogens with zero attached hydrogens (tertiary/aromatic N) is 3. The molecule has 0 spiro atoms. The number of pyridine rings is 1. The molecule has 1 atom stereocenters. The number of hydrogen-bond donors (Lipinski definition) is 0. The predicted octanol–water partition coefficient (Wildman–Crippen LogP) is 3.49. The molecule has 1 aliphatic heterocycles. The molecule has 1 aromatic rings. The number of aromatic nitrogens is 1. The van der Waals surface area contributed by atoms with E-state index in [1.54, 1.807) is 0 Å². The lowest BCUT2D eigenvalue weighted by Gasteiger charge is -2.32. The molecule has 2 heterocycles. The molecule has 3 rings (SSSR count). The predicted molar refractivity (Wildman–Crippen MR) is 96.0 cm³/mol. The molecule has 0 radical (unpaired) electrons. The van der Waals surface area contributed by atoms with E-state index in [4.69, 9.17) is 4.98 Å². The topological polar surface area (TPSA) is 57.0 Å². The maximum atomic E-state index is 12.7. The lowest BCUT2D eigenvalue weighted by Crippen LogP contribution is -2.41. The zero-order valence-corrected chi connectivity index (χ0v) is 15.6. The Bertz CT molecular complexity index is 687. The summed E-state index contributed by atoms with van der Waals surface area (Å²) in [5.41, 5.74) is 4.10. The van der Waals surface area contributed by atoms with Gasteiger partial charge in [-0.1, -0.05) is 18.7 Å². The molecule has 1 fully saturated rings. The summed E-state index contributed by atoms with van der Waals surface area (Å²) >= 11 is 1.45.